The Bertz CT molecular complexity index is 803. The van der Waals surface area contributed by atoms with Crippen LogP contribution in [0.1, 0.15) is 17.5 Å². The van der Waals surface area contributed by atoms with E-state index in [1.54, 1.807) is 13.0 Å². The Labute approximate surface area is 142 Å². The molecule has 1 aromatic rings. The maximum absolute atomic E-state index is 13.0. The molecule has 0 saturated carbocycles. The summed E-state index contributed by atoms with van der Waals surface area (Å²) >= 11 is 0. The van der Waals surface area contributed by atoms with Gasteiger partial charge in [-0.3, -0.25) is 0 Å². The molecule has 1 aromatic carbocycles. The molecule has 0 radical (unpaired) electrons. The highest BCUT2D eigenvalue weighted by Gasteiger charge is 2.39. The molecule has 2 rings (SSSR count). The van der Waals surface area contributed by atoms with Gasteiger partial charge < -0.3 is 10.2 Å². The zero-order valence-corrected chi connectivity index (χ0v) is 15.3. The molecule has 0 aliphatic carbocycles. The summed E-state index contributed by atoms with van der Waals surface area (Å²) in [6, 6.07) is 3.96. The van der Waals surface area contributed by atoms with Crippen molar-refractivity contribution in [3.05, 3.63) is 29.3 Å². The van der Waals surface area contributed by atoms with Gasteiger partial charge in [-0.05, 0) is 43.5 Å². The van der Waals surface area contributed by atoms with E-state index in [4.69, 9.17) is 5.11 Å². The second-order valence-corrected chi connectivity index (χ2v) is 10.3. The minimum absolute atomic E-state index is 0.0556. The summed E-state index contributed by atoms with van der Waals surface area (Å²) in [4.78, 5) is 0.0556. The Morgan fingerprint density at radius 3 is 2.46 bits per heavy atom. The van der Waals surface area contributed by atoms with Gasteiger partial charge in [-0.2, -0.15) is 4.31 Å². The molecule has 7 nitrogen and oxygen atoms in total. The molecule has 9 heteroatoms. The van der Waals surface area contributed by atoms with Crippen LogP contribution in [0.15, 0.2) is 23.1 Å². The number of nitrogens with zero attached hydrogens (tertiary/aromatic N) is 1. The summed E-state index contributed by atoms with van der Waals surface area (Å²) in [6.45, 7) is 2.72. The Kier molecular flexibility index (Phi) is 5.71. The first-order chi connectivity index (χ1) is 11.1. The van der Waals surface area contributed by atoms with Gasteiger partial charge >= 0.3 is 0 Å². The lowest BCUT2D eigenvalue weighted by atomic mass is 10.1. The van der Waals surface area contributed by atoms with E-state index in [0.717, 1.165) is 15.4 Å². The number of hydrogen-bond acceptors (Lipinski definition) is 6. The number of aliphatic hydroxyl groups excluding tert-OH is 2. The van der Waals surface area contributed by atoms with Gasteiger partial charge in [0.2, 0.25) is 10.0 Å². The summed E-state index contributed by atoms with van der Waals surface area (Å²) in [7, 11) is -7.27. The molecule has 1 aliphatic heterocycles. The van der Waals surface area contributed by atoms with Gasteiger partial charge in [0.05, 0.1) is 29.1 Å². The average Bonchev–Trinajstić information content (AvgIpc) is 2.86. The molecule has 0 aromatic heterocycles. The molecular weight excluding hydrogens is 354 g/mol. The predicted octanol–water partition coefficient (Wildman–Crippen LogP) is -0.166. The second kappa shape index (κ2) is 7.09. The van der Waals surface area contributed by atoms with E-state index in [1.807, 2.05) is 6.92 Å². The van der Waals surface area contributed by atoms with E-state index >= 15 is 0 Å². The highest BCUT2D eigenvalue weighted by atomic mass is 32.2. The summed E-state index contributed by atoms with van der Waals surface area (Å²) in [6.07, 6.45) is -1.08. The number of sulfonamides is 1. The standard InChI is InChI=1S/C15H23NO6S2/c1-11-3-4-15(7-12(11)2)24(21,22)16(8-14(18)9-17)13-5-6-23(19,20)10-13/h3-4,7,13-14,17-18H,5-6,8-10H2,1-2H3/t13-,14+/m0/s1. The third kappa shape index (κ3) is 4.15. The van der Waals surface area contributed by atoms with Crippen LogP contribution in [0, 0.1) is 13.8 Å². The minimum atomic E-state index is -3.98. The van der Waals surface area contributed by atoms with Crippen LogP contribution in [0.4, 0.5) is 0 Å². The maximum atomic E-state index is 13.0. The maximum Gasteiger partial charge on any atom is 0.243 e. The highest BCUT2D eigenvalue weighted by molar-refractivity contribution is 7.92. The van der Waals surface area contributed by atoms with Crippen molar-refractivity contribution >= 4 is 19.9 Å². The van der Waals surface area contributed by atoms with Crippen LogP contribution in [0.25, 0.3) is 0 Å². The summed E-state index contributed by atoms with van der Waals surface area (Å²) in [5, 5.41) is 18.8. The molecule has 24 heavy (non-hydrogen) atoms. The van der Waals surface area contributed by atoms with Gasteiger partial charge in [0.15, 0.2) is 9.84 Å². The van der Waals surface area contributed by atoms with Gasteiger partial charge in [-0.25, -0.2) is 16.8 Å². The first-order valence-corrected chi connectivity index (χ1v) is 10.9. The highest BCUT2D eigenvalue weighted by Crippen LogP contribution is 2.26. The zero-order chi connectivity index (χ0) is 18.1. The van der Waals surface area contributed by atoms with Gasteiger partial charge in [0.25, 0.3) is 0 Å². The number of sulfone groups is 1. The van der Waals surface area contributed by atoms with Crippen LogP contribution < -0.4 is 0 Å². The van der Waals surface area contributed by atoms with Crippen molar-refractivity contribution in [2.45, 2.75) is 37.3 Å². The van der Waals surface area contributed by atoms with E-state index < -0.39 is 38.6 Å². The molecule has 0 unspecified atom stereocenters. The molecule has 2 N–H and O–H groups in total. The van der Waals surface area contributed by atoms with E-state index in [9.17, 15) is 21.9 Å². The van der Waals surface area contributed by atoms with E-state index in [1.165, 1.54) is 12.1 Å². The number of hydrogen-bond donors (Lipinski definition) is 2. The van der Waals surface area contributed by atoms with Crippen molar-refractivity contribution in [1.82, 2.24) is 4.31 Å². The fourth-order valence-corrected chi connectivity index (χ4v) is 6.32. The summed E-state index contributed by atoms with van der Waals surface area (Å²) in [5.74, 6) is -0.346. The first kappa shape index (κ1) is 19.3. The van der Waals surface area contributed by atoms with Crippen LogP contribution in [-0.4, -0.2) is 68.2 Å². The molecule has 1 heterocycles. The zero-order valence-electron chi connectivity index (χ0n) is 13.7. The average molecular weight is 377 g/mol. The number of benzene rings is 1. The number of rotatable bonds is 6. The molecule has 1 aliphatic rings. The number of aryl methyl sites for hydroxylation is 2. The molecule has 136 valence electrons. The van der Waals surface area contributed by atoms with Crippen molar-refractivity contribution in [1.29, 1.82) is 0 Å². The largest absolute Gasteiger partial charge is 0.394 e. The van der Waals surface area contributed by atoms with Crippen LogP contribution in [0.2, 0.25) is 0 Å². The molecule has 0 amide bonds. The van der Waals surface area contributed by atoms with E-state index in [0.29, 0.717) is 0 Å². The fraction of sp³-hybridized carbons (Fsp3) is 0.600. The van der Waals surface area contributed by atoms with Crippen molar-refractivity contribution < 1.29 is 27.0 Å². The lowest BCUT2D eigenvalue weighted by molar-refractivity contribution is 0.0730. The van der Waals surface area contributed by atoms with Crippen LogP contribution >= 0.6 is 0 Å². The van der Waals surface area contributed by atoms with Gasteiger partial charge in [0, 0.05) is 12.6 Å². The summed E-state index contributed by atoms with van der Waals surface area (Å²) in [5.41, 5.74) is 1.75. The van der Waals surface area contributed by atoms with Crippen LogP contribution in [-0.2, 0) is 19.9 Å². The molecule has 0 bridgehead atoms. The second-order valence-electron chi connectivity index (χ2n) is 6.21. The van der Waals surface area contributed by atoms with Crippen LogP contribution in [0.5, 0.6) is 0 Å². The smallest absolute Gasteiger partial charge is 0.243 e. The molecular formula is C15H23NO6S2. The Morgan fingerprint density at radius 2 is 1.96 bits per heavy atom. The normalized spacial score (nSPS) is 22.0. The monoisotopic (exact) mass is 377 g/mol. The van der Waals surface area contributed by atoms with E-state index in [2.05, 4.69) is 0 Å². The predicted molar refractivity (Wildman–Crippen MR) is 90.0 cm³/mol. The quantitative estimate of drug-likeness (QED) is 0.712. The van der Waals surface area contributed by atoms with Gasteiger partial charge in [-0.1, -0.05) is 6.07 Å². The minimum Gasteiger partial charge on any atom is -0.394 e. The van der Waals surface area contributed by atoms with Crippen molar-refractivity contribution in [2.24, 2.45) is 0 Å². The van der Waals surface area contributed by atoms with Crippen molar-refractivity contribution in [2.75, 3.05) is 24.7 Å². The molecule has 2 atom stereocenters. The van der Waals surface area contributed by atoms with Crippen LogP contribution in [0.3, 0.4) is 0 Å². The van der Waals surface area contributed by atoms with E-state index in [-0.39, 0.29) is 29.4 Å². The Balaban J connectivity index is 2.42. The third-order valence-corrected chi connectivity index (χ3v) is 7.97. The van der Waals surface area contributed by atoms with Gasteiger partial charge in [0.1, 0.15) is 0 Å². The number of aliphatic hydroxyl groups is 2. The molecule has 0 spiro atoms. The fourth-order valence-electron chi connectivity index (χ4n) is 2.72. The lowest BCUT2D eigenvalue weighted by Gasteiger charge is -2.29. The first-order valence-electron chi connectivity index (χ1n) is 7.65. The molecule has 1 fully saturated rings. The summed E-state index contributed by atoms with van der Waals surface area (Å²) < 4.78 is 50.4. The molecule has 1 saturated heterocycles. The lowest BCUT2D eigenvalue weighted by Crippen LogP contribution is -2.46. The Morgan fingerprint density at radius 1 is 1.29 bits per heavy atom. The topological polar surface area (TPSA) is 112 Å². The SMILES string of the molecule is Cc1ccc(S(=O)(=O)N(C[C@@H](O)CO)[C@H]2CCS(=O)(=O)C2)cc1C. The van der Waals surface area contributed by atoms with Crippen molar-refractivity contribution in [3.8, 4) is 0 Å². The Hall–Kier alpha value is -1.00. The third-order valence-electron chi connectivity index (χ3n) is 4.30. The van der Waals surface area contributed by atoms with Gasteiger partial charge in [-0.15, -0.1) is 0 Å². The van der Waals surface area contributed by atoms with Crippen molar-refractivity contribution in [3.63, 3.8) is 0 Å².